The summed E-state index contributed by atoms with van der Waals surface area (Å²) in [6, 6.07) is 8.91. The molecule has 0 radical (unpaired) electrons. The molecule has 0 atom stereocenters. The zero-order valence-corrected chi connectivity index (χ0v) is 27.8. The normalized spacial score (nSPS) is 13.2. The van der Waals surface area contributed by atoms with Crippen LogP contribution in [-0.2, 0) is 13.1 Å². The molecule has 0 aliphatic heterocycles. The van der Waals surface area contributed by atoms with Crippen LogP contribution in [0.4, 0.5) is 11.4 Å². The second kappa shape index (κ2) is 14.3. The Morgan fingerprint density at radius 1 is 0.649 bits per heavy atom. The van der Waals surface area contributed by atoms with E-state index in [-0.39, 0.29) is 24.0 Å². The van der Waals surface area contributed by atoms with Crippen LogP contribution < -0.4 is 0 Å². The summed E-state index contributed by atoms with van der Waals surface area (Å²) in [4.78, 5) is 12.8. The zero-order chi connectivity index (χ0) is 28.7. The Hall–Kier alpha value is -1.16. The van der Waals surface area contributed by atoms with E-state index in [4.69, 9.17) is 30.2 Å². The van der Waals surface area contributed by atoms with Gasteiger partial charge in [0.25, 0.3) is 0 Å². The van der Waals surface area contributed by atoms with Crippen LogP contribution in [0, 0.1) is 52.4 Å². The van der Waals surface area contributed by atoms with E-state index in [2.05, 4.69) is 119 Å². The van der Waals surface area contributed by atoms with Crippen LogP contribution in [0.5, 0.6) is 0 Å². The first-order valence-corrected chi connectivity index (χ1v) is 15.8. The third-order valence-corrected chi connectivity index (χ3v) is 6.34. The van der Waals surface area contributed by atoms with Gasteiger partial charge in [0.05, 0.1) is 11.4 Å². The number of halogens is 2. The summed E-state index contributed by atoms with van der Waals surface area (Å²) < 4.78 is 0. The van der Waals surface area contributed by atoms with Gasteiger partial charge in [-0.3, -0.25) is 14.9 Å². The maximum absolute atomic E-state index is 5.24. The Bertz CT molecular complexity index is 989. The van der Waals surface area contributed by atoms with Gasteiger partial charge in [-0.25, -0.2) is 0 Å². The molecule has 0 spiro atoms. The first-order chi connectivity index (χ1) is 16.9. The van der Waals surface area contributed by atoms with Crippen molar-refractivity contribution in [3.8, 4) is 0 Å². The van der Waals surface area contributed by atoms with Crippen LogP contribution in [0.2, 0.25) is 0 Å². The fraction of sp³-hybridized carbons (Fsp3) is 0.548. The van der Waals surface area contributed by atoms with Gasteiger partial charge >= 0.3 is 33.3 Å². The van der Waals surface area contributed by atoms with Crippen LogP contribution in [0.1, 0.15) is 74.9 Å². The summed E-state index contributed by atoms with van der Waals surface area (Å²) >= 11 is 0.194. The van der Waals surface area contributed by atoms with E-state index in [0.717, 1.165) is 24.5 Å². The Morgan fingerprint density at radius 2 is 0.892 bits per heavy atom. The molecule has 0 amide bonds. The van der Waals surface area contributed by atoms with E-state index >= 15 is 0 Å². The number of aliphatic imine (C=N–C) groups is 2. The fourth-order valence-electron chi connectivity index (χ4n) is 4.42. The van der Waals surface area contributed by atoms with Crippen LogP contribution in [0.15, 0.2) is 34.3 Å². The van der Waals surface area contributed by atoms with Crippen LogP contribution in [0.3, 0.4) is 0 Å². The van der Waals surface area contributed by atoms with Gasteiger partial charge in [0, 0.05) is 35.3 Å². The second-order valence-corrected chi connectivity index (χ2v) is 14.2. The molecule has 6 heteroatoms. The third-order valence-electron chi connectivity index (χ3n) is 6.34. The maximum atomic E-state index is 5.24. The van der Waals surface area contributed by atoms with Crippen molar-refractivity contribution >= 4 is 43.0 Å². The molecule has 0 aromatic heterocycles. The first-order valence-electron chi connectivity index (χ1n) is 12.8. The molecule has 0 unspecified atom stereocenters. The molecular weight excluding hydrogens is 541 g/mol. The monoisotopic (exact) mass is 587 g/mol. The van der Waals surface area contributed by atoms with Crippen molar-refractivity contribution in [1.29, 1.82) is 0 Å². The molecule has 0 aliphatic carbocycles. The second-order valence-electron chi connectivity index (χ2n) is 12.3. The average molecular weight is 588 g/mol. The fourth-order valence-corrected chi connectivity index (χ4v) is 4.42. The van der Waals surface area contributed by atoms with Gasteiger partial charge in [-0.05, 0) is 70.8 Å². The number of rotatable bonds is 6. The van der Waals surface area contributed by atoms with Crippen molar-refractivity contribution in [1.82, 2.24) is 4.90 Å². The van der Waals surface area contributed by atoms with Crippen molar-refractivity contribution < 1.29 is 13.1 Å². The van der Waals surface area contributed by atoms with E-state index in [9.17, 15) is 0 Å². The molecular formula is C31H47Cl2FeN3. The van der Waals surface area contributed by atoms with Crippen LogP contribution in [0.25, 0.3) is 0 Å². The predicted molar refractivity (Wildman–Crippen MR) is 164 cm³/mol. The predicted octanol–water partition coefficient (Wildman–Crippen LogP) is 9.78. The van der Waals surface area contributed by atoms with Crippen LogP contribution >= 0.6 is 20.2 Å². The summed E-state index contributed by atoms with van der Waals surface area (Å²) in [5.41, 5.74) is 12.1. The van der Waals surface area contributed by atoms with Crippen molar-refractivity contribution in [3.05, 3.63) is 57.6 Å². The minimum absolute atomic E-state index is 0.0266. The summed E-state index contributed by atoms with van der Waals surface area (Å²) in [5.74, 6) is 0. The molecule has 2 aromatic rings. The molecule has 0 heterocycles. The topological polar surface area (TPSA) is 28.0 Å². The summed E-state index contributed by atoms with van der Waals surface area (Å²) in [5, 5.41) is 0. The van der Waals surface area contributed by atoms with Gasteiger partial charge < -0.3 is 0 Å². The first kappa shape index (κ1) is 33.9. The Kier molecular flexibility index (Phi) is 13.1. The number of hydrogen-bond acceptors (Lipinski definition) is 3. The minimum atomic E-state index is -0.0266. The molecule has 208 valence electrons. The van der Waals surface area contributed by atoms with Crippen molar-refractivity contribution in [3.63, 3.8) is 0 Å². The molecule has 0 fully saturated rings. The number of aryl methyl sites for hydroxylation is 6. The number of hydrogen-bond donors (Lipinski definition) is 0. The van der Waals surface area contributed by atoms with Gasteiger partial charge in [-0.1, -0.05) is 76.9 Å². The quantitative estimate of drug-likeness (QED) is 0.244. The van der Waals surface area contributed by atoms with Crippen LogP contribution in [-0.4, -0.2) is 36.5 Å². The Labute approximate surface area is 241 Å². The summed E-state index contributed by atoms with van der Waals surface area (Å²) in [6.45, 7) is 28.1. The van der Waals surface area contributed by atoms with E-state index in [1.54, 1.807) is 0 Å². The summed E-state index contributed by atoms with van der Waals surface area (Å²) in [7, 11) is 11.7. The van der Waals surface area contributed by atoms with E-state index < -0.39 is 0 Å². The molecule has 0 N–H and O–H groups in total. The average Bonchev–Trinajstić information content (AvgIpc) is 2.70. The molecule has 0 aliphatic rings. The number of benzene rings is 2. The van der Waals surface area contributed by atoms with Gasteiger partial charge in [0.2, 0.25) is 0 Å². The Morgan fingerprint density at radius 3 is 1.11 bits per heavy atom. The zero-order valence-electron chi connectivity index (χ0n) is 25.2. The molecule has 0 saturated carbocycles. The molecule has 0 saturated heterocycles. The molecule has 37 heavy (non-hydrogen) atoms. The van der Waals surface area contributed by atoms with Gasteiger partial charge in [-0.2, -0.15) is 0 Å². The van der Waals surface area contributed by atoms with Crippen molar-refractivity contribution in [2.24, 2.45) is 20.8 Å². The standard InChI is InChI=1S/C31H47N3.2ClH.Fe/c1-20-14-22(3)28(23(4)15-20)32-26(30(7,8)9)18-34(13)19-27(31(10,11)12)33-29-24(5)16-21(2)17-25(29)6;;;/h14-17H,18-19H2,1-13H3;2*1H;/q;;;+2/p-2. The van der Waals surface area contributed by atoms with Gasteiger partial charge in [0.15, 0.2) is 0 Å². The van der Waals surface area contributed by atoms with E-state index in [1.165, 1.54) is 44.8 Å². The van der Waals surface area contributed by atoms with Gasteiger partial charge in [0.1, 0.15) is 0 Å². The van der Waals surface area contributed by atoms with Gasteiger partial charge in [-0.15, -0.1) is 0 Å². The van der Waals surface area contributed by atoms with E-state index in [1.807, 2.05) is 0 Å². The van der Waals surface area contributed by atoms with E-state index in [0.29, 0.717) is 0 Å². The van der Waals surface area contributed by atoms with Crippen molar-refractivity contribution in [2.75, 3.05) is 20.1 Å². The molecule has 2 rings (SSSR count). The molecule has 2 aromatic carbocycles. The summed E-state index contributed by atoms with van der Waals surface area (Å²) in [6.07, 6.45) is 0. The molecule has 3 nitrogen and oxygen atoms in total. The molecule has 0 bridgehead atoms. The Balaban J connectivity index is 0.00000217. The van der Waals surface area contributed by atoms with Crippen molar-refractivity contribution in [2.45, 2.75) is 83.1 Å². The third kappa shape index (κ3) is 10.9. The number of nitrogens with zero attached hydrogens (tertiary/aromatic N) is 3. The SMILES string of the molecule is Cc1cc(C)c(N=C(CN(C)CC(=Nc2c(C)cc(C)cc2C)C(C)(C)C)C(C)(C)C)c(C)c1.[Cl][Fe][Cl].